The van der Waals surface area contributed by atoms with Gasteiger partial charge in [0.2, 0.25) is 0 Å². The van der Waals surface area contributed by atoms with Crippen LogP contribution >= 0.6 is 0 Å². The summed E-state index contributed by atoms with van der Waals surface area (Å²) in [6, 6.07) is 10.4. The molecule has 0 unspecified atom stereocenters. The molecule has 0 atom stereocenters. The number of benzene rings is 1. The van der Waals surface area contributed by atoms with Crippen molar-refractivity contribution in [1.82, 2.24) is 4.98 Å². The average Bonchev–Trinajstić information content (AvgIpc) is 2.27. The van der Waals surface area contributed by atoms with E-state index in [2.05, 4.69) is 39.2 Å². The van der Waals surface area contributed by atoms with Crippen LogP contribution in [-0.4, -0.2) is 21.0 Å². The third-order valence-corrected chi connectivity index (χ3v) is 2.02. The van der Waals surface area contributed by atoms with Gasteiger partial charge in [0.15, 0.2) is 0 Å². The molecule has 0 saturated heterocycles. The molecule has 0 spiro atoms. The normalized spacial score (nSPS) is 10.5. The van der Waals surface area contributed by atoms with E-state index in [9.17, 15) is 0 Å². The van der Waals surface area contributed by atoms with E-state index in [0.29, 0.717) is 0 Å². The summed E-state index contributed by atoms with van der Waals surface area (Å²) in [5.41, 5.74) is 1.21. The van der Waals surface area contributed by atoms with E-state index in [0.717, 1.165) is 4.59 Å². The summed E-state index contributed by atoms with van der Waals surface area (Å²) in [4.78, 5) is 3.23. The standard InChI is InChI=1S/C8H7NSe/c10-8-5-6-3-1-2-4-7(6)9-8/h1-5,9-10H. The van der Waals surface area contributed by atoms with Crippen molar-refractivity contribution in [2.24, 2.45) is 0 Å². The molecule has 50 valence electrons. The molecular formula is C8H7NSe. The van der Waals surface area contributed by atoms with Crippen LogP contribution in [0.4, 0.5) is 0 Å². The second-order valence-corrected chi connectivity index (χ2v) is 3.25. The Labute approximate surface area is 67.3 Å². The van der Waals surface area contributed by atoms with Crippen molar-refractivity contribution >= 4 is 31.5 Å². The van der Waals surface area contributed by atoms with E-state index in [4.69, 9.17) is 0 Å². The van der Waals surface area contributed by atoms with E-state index in [1.54, 1.807) is 0 Å². The van der Waals surface area contributed by atoms with Crippen molar-refractivity contribution in [1.29, 1.82) is 0 Å². The Bertz CT molecular complexity index is 318. The zero-order chi connectivity index (χ0) is 6.97. The predicted octanol–water partition coefficient (Wildman–Crippen LogP) is 0.694. The number of para-hydroxylation sites is 1. The molecule has 2 rings (SSSR count). The number of hydrogen-bond donors (Lipinski definition) is 1. The van der Waals surface area contributed by atoms with Gasteiger partial charge in [-0.05, 0) is 0 Å². The molecule has 0 aliphatic rings. The fourth-order valence-corrected chi connectivity index (χ4v) is 1.60. The van der Waals surface area contributed by atoms with Crippen LogP contribution in [0, 0.1) is 0 Å². The predicted molar refractivity (Wildman–Crippen MR) is 45.1 cm³/mol. The Morgan fingerprint density at radius 1 is 1.20 bits per heavy atom. The number of hydrogen-bond acceptors (Lipinski definition) is 0. The number of aromatic nitrogens is 1. The Kier molecular flexibility index (Phi) is 1.30. The van der Waals surface area contributed by atoms with Gasteiger partial charge in [-0.3, -0.25) is 0 Å². The van der Waals surface area contributed by atoms with Gasteiger partial charge in [0.05, 0.1) is 0 Å². The van der Waals surface area contributed by atoms with Gasteiger partial charge in [-0.15, -0.1) is 0 Å². The Balaban J connectivity index is 2.88. The summed E-state index contributed by atoms with van der Waals surface area (Å²) in [5.74, 6) is 0. The first-order valence-electron chi connectivity index (χ1n) is 3.13. The Morgan fingerprint density at radius 3 is 2.80 bits per heavy atom. The molecule has 2 heteroatoms. The van der Waals surface area contributed by atoms with Crippen molar-refractivity contribution in [2.45, 2.75) is 0 Å². The Hall–Kier alpha value is -0.721. The van der Waals surface area contributed by atoms with Crippen LogP contribution in [-0.2, 0) is 0 Å². The first-order valence-corrected chi connectivity index (χ1v) is 4.07. The molecule has 1 N–H and O–H groups in total. The number of nitrogens with one attached hydrogen (secondary N) is 1. The van der Waals surface area contributed by atoms with Crippen molar-refractivity contribution < 1.29 is 0 Å². The van der Waals surface area contributed by atoms with E-state index < -0.39 is 0 Å². The number of fused-ring (bicyclic) bond motifs is 1. The van der Waals surface area contributed by atoms with Crippen molar-refractivity contribution in [2.75, 3.05) is 0 Å². The topological polar surface area (TPSA) is 15.8 Å². The van der Waals surface area contributed by atoms with Crippen molar-refractivity contribution in [3.63, 3.8) is 0 Å². The fourth-order valence-electron chi connectivity index (χ4n) is 1.06. The maximum atomic E-state index is 3.23. The molecule has 1 heterocycles. The average molecular weight is 196 g/mol. The van der Waals surface area contributed by atoms with Crippen LogP contribution in [0.5, 0.6) is 0 Å². The van der Waals surface area contributed by atoms with Crippen LogP contribution in [0.2, 0.25) is 0 Å². The molecule has 1 aromatic heterocycles. The van der Waals surface area contributed by atoms with Gasteiger partial charge in [-0.1, -0.05) is 0 Å². The van der Waals surface area contributed by atoms with Gasteiger partial charge < -0.3 is 0 Å². The Morgan fingerprint density at radius 2 is 2.00 bits per heavy atom. The number of H-pyrrole nitrogens is 1. The van der Waals surface area contributed by atoms with Crippen LogP contribution in [0.3, 0.4) is 0 Å². The fraction of sp³-hybridized carbons (Fsp3) is 0. The molecule has 0 fully saturated rings. The van der Waals surface area contributed by atoms with Gasteiger partial charge in [-0.2, -0.15) is 0 Å². The van der Waals surface area contributed by atoms with E-state index >= 15 is 0 Å². The molecule has 1 aromatic carbocycles. The van der Waals surface area contributed by atoms with Crippen molar-refractivity contribution in [3.05, 3.63) is 30.3 Å². The SMILES string of the molecule is [SeH]c1cc2ccccc2[nH]1. The van der Waals surface area contributed by atoms with Crippen LogP contribution < -0.4 is 4.59 Å². The molecule has 0 amide bonds. The third-order valence-electron chi connectivity index (χ3n) is 1.52. The van der Waals surface area contributed by atoms with Gasteiger partial charge in [0.25, 0.3) is 0 Å². The summed E-state index contributed by atoms with van der Waals surface area (Å²) < 4.78 is 1.16. The van der Waals surface area contributed by atoms with E-state index in [1.165, 1.54) is 10.9 Å². The molecule has 10 heavy (non-hydrogen) atoms. The van der Waals surface area contributed by atoms with Gasteiger partial charge >= 0.3 is 66.8 Å². The first-order chi connectivity index (χ1) is 4.86. The summed E-state index contributed by atoms with van der Waals surface area (Å²) in [6.07, 6.45) is 0. The first kappa shape index (κ1) is 6.02. The van der Waals surface area contributed by atoms with Crippen LogP contribution in [0.15, 0.2) is 30.3 Å². The second-order valence-electron chi connectivity index (χ2n) is 2.24. The molecule has 0 aliphatic carbocycles. The molecule has 0 aliphatic heterocycles. The van der Waals surface area contributed by atoms with E-state index in [-0.39, 0.29) is 0 Å². The third kappa shape index (κ3) is 0.859. The van der Waals surface area contributed by atoms with Crippen LogP contribution in [0.1, 0.15) is 0 Å². The summed E-state index contributed by atoms with van der Waals surface area (Å²) in [5, 5.41) is 1.28. The number of rotatable bonds is 0. The van der Waals surface area contributed by atoms with Gasteiger partial charge in [-0.25, -0.2) is 0 Å². The molecule has 0 bridgehead atoms. The van der Waals surface area contributed by atoms with Crippen LogP contribution in [0.25, 0.3) is 10.9 Å². The quantitative estimate of drug-likeness (QED) is 0.597. The van der Waals surface area contributed by atoms with Crippen molar-refractivity contribution in [3.8, 4) is 0 Å². The number of aromatic amines is 1. The molecule has 0 radical (unpaired) electrons. The van der Waals surface area contributed by atoms with Gasteiger partial charge in [0, 0.05) is 0 Å². The molecule has 1 nitrogen and oxygen atoms in total. The summed E-state index contributed by atoms with van der Waals surface area (Å²) in [7, 11) is 0. The molecule has 2 aromatic rings. The minimum atomic E-state index is 1.16. The second kappa shape index (κ2) is 2.15. The monoisotopic (exact) mass is 197 g/mol. The minimum absolute atomic E-state index is 1.16. The maximum absolute atomic E-state index is 3.23. The van der Waals surface area contributed by atoms with E-state index in [1.807, 2.05) is 12.1 Å². The zero-order valence-corrected chi connectivity index (χ0v) is 7.21. The molecule has 0 saturated carbocycles. The zero-order valence-electron chi connectivity index (χ0n) is 5.33. The molecular weight excluding hydrogens is 189 g/mol. The summed E-state index contributed by atoms with van der Waals surface area (Å²) >= 11 is 2.50. The summed E-state index contributed by atoms with van der Waals surface area (Å²) in [6.45, 7) is 0. The van der Waals surface area contributed by atoms with Gasteiger partial charge in [0.1, 0.15) is 0 Å².